The van der Waals surface area contributed by atoms with E-state index in [1.54, 1.807) is 24.4 Å². The first-order chi connectivity index (χ1) is 11.8. The first kappa shape index (κ1) is 19.1. The number of nitrogens with zero attached hydrogens (tertiary/aromatic N) is 1. The van der Waals surface area contributed by atoms with E-state index in [1.807, 2.05) is 32.0 Å². The second kappa shape index (κ2) is 8.25. The number of rotatable bonds is 7. The van der Waals surface area contributed by atoms with Gasteiger partial charge in [-0.15, -0.1) is 0 Å². The zero-order chi connectivity index (χ0) is 18.4. The highest BCUT2D eigenvalue weighted by molar-refractivity contribution is 7.89. The monoisotopic (exact) mass is 360 g/mol. The average molecular weight is 360 g/mol. The van der Waals surface area contributed by atoms with Crippen molar-refractivity contribution in [3.63, 3.8) is 0 Å². The third-order valence-corrected chi connectivity index (χ3v) is 4.90. The lowest BCUT2D eigenvalue weighted by Crippen LogP contribution is -2.22. The summed E-state index contributed by atoms with van der Waals surface area (Å²) in [6.07, 6.45) is 4.45. The Bertz CT molecular complexity index is 833. The van der Waals surface area contributed by atoms with E-state index in [4.69, 9.17) is 0 Å². The summed E-state index contributed by atoms with van der Waals surface area (Å²) in [7, 11) is -3.14. The minimum Gasteiger partial charge on any atom is -0.325 e. The summed E-state index contributed by atoms with van der Waals surface area (Å²) in [6.45, 7) is 3.85. The molecule has 0 fully saturated rings. The molecule has 5 nitrogen and oxygen atoms in total. The molecule has 1 unspecified atom stereocenters. The fraction of sp³-hybridized carbons (Fsp3) is 0.368. The number of sulfone groups is 1. The Labute approximate surface area is 149 Å². The van der Waals surface area contributed by atoms with Gasteiger partial charge in [0.2, 0.25) is 5.91 Å². The molecular weight excluding hydrogens is 336 g/mol. The average Bonchev–Trinajstić information content (AvgIpc) is 2.56. The SMILES string of the molecule is CCCC(C(=O)Nc1cccc(CS(C)(=O)=O)c1C)c1ccccn1. The molecule has 2 aromatic rings. The summed E-state index contributed by atoms with van der Waals surface area (Å²) in [5.41, 5.74) is 2.86. The molecule has 2 rings (SSSR count). The predicted molar refractivity (Wildman–Crippen MR) is 100 cm³/mol. The minimum absolute atomic E-state index is 0.0405. The fourth-order valence-electron chi connectivity index (χ4n) is 2.76. The van der Waals surface area contributed by atoms with Gasteiger partial charge < -0.3 is 5.32 Å². The summed E-state index contributed by atoms with van der Waals surface area (Å²) >= 11 is 0. The van der Waals surface area contributed by atoms with Gasteiger partial charge in [-0.2, -0.15) is 0 Å². The van der Waals surface area contributed by atoms with E-state index in [9.17, 15) is 13.2 Å². The van der Waals surface area contributed by atoms with Crippen LogP contribution < -0.4 is 5.32 Å². The van der Waals surface area contributed by atoms with Crippen LogP contribution in [0.25, 0.3) is 0 Å². The molecule has 1 aromatic carbocycles. The van der Waals surface area contributed by atoms with E-state index in [1.165, 1.54) is 6.26 Å². The van der Waals surface area contributed by atoms with Gasteiger partial charge in [-0.05, 0) is 42.7 Å². The predicted octanol–water partition coefficient (Wildman–Crippen LogP) is 3.46. The Morgan fingerprint density at radius 3 is 2.56 bits per heavy atom. The summed E-state index contributed by atoms with van der Waals surface area (Å²) in [6, 6.07) is 10.9. The van der Waals surface area contributed by atoms with Crippen LogP contribution in [-0.2, 0) is 20.4 Å². The van der Waals surface area contributed by atoms with Gasteiger partial charge in [0.25, 0.3) is 0 Å². The Kier molecular flexibility index (Phi) is 6.31. The maximum Gasteiger partial charge on any atom is 0.233 e. The van der Waals surface area contributed by atoms with Gasteiger partial charge in [-0.3, -0.25) is 9.78 Å². The molecule has 0 aliphatic carbocycles. The third kappa shape index (κ3) is 5.39. The molecule has 6 heteroatoms. The van der Waals surface area contributed by atoms with E-state index in [2.05, 4.69) is 10.3 Å². The Balaban J connectivity index is 2.25. The van der Waals surface area contributed by atoms with Crippen molar-refractivity contribution in [2.45, 2.75) is 38.4 Å². The molecule has 0 aliphatic heterocycles. The summed E-state index contributed by atoms with van der Waals surface area (Å²) in [5, 5.41) is 2.95. The van der Waals surface area contributed by atoms with Crippen LogP contribution in [0.4, 0.5) is 5.69 Å². The first-order valence-electron chi connectivity index (χ1n) is 8.30. The standard InChI is InChI=1S/C19H24N2O3S/c1-4-8-16(18-10-5-6-12-20-18)19(22)21-17-11-7-9-15(14(17)2)13-25(3,23)24/h5-7,9-12,16H,4,8,13H2,1-3H3,(H,21,22). The highest BCUT2D eigenvalue weighted by Gasteiger charge is 2.22. The zero-order valence-electron chi connectivity index (χ0n) is 14.8. The highest BCUT2D eigenvalue weighted by Crippen LogP contribution is 2.25. The number of carbonyl (C=O) groups excluding carboxylic acids is 1. The molecule has 0 aliphatic rings. The maximum absolute atomic E-state index is 12.8. The van der Waals surface area contributed by atoms with Crippen molar-refractivity contribution in [3.05, 3.63) is 59.4 Å². The van der Waals surface area contributed by atoms with Crippen LogP contribution in [-0.4, -0.2) is 25.6 Å². The minimum atomic E-state index is -3.14. The number of aromatic nitrogens is 1. The Hall–Kier alpha value is -2.21. The van der Waals surface area contributed by atoms with Crippen molar-refractivity contribution < 1.29 is 13.2 Å². The van der Waals surface area contributed by atoms with Crippen LogP contribution in [0.15, 0.2) is 42.6 Å². The normalized spacial score (nSPS) is 12.6. The summed E-state index contributed by atoms with van der Waals surface area (Å²) < 4.78 is 23.1. The van der Waals surface area contributed by atoms with Gasteiger partial charge in [-0.25, -0.2) is 8.42 Å². The van der Waals surface area contributed by atoms with Crippen molar-refractivity contribution in [1.29, 1.82) is 0 Å². The molecule has 0 radical (unpaired) electrons. The molecule has 134 valence electrons. The molecular formula is C19H24N2O3S. The number of carbonyl (C=O) groups is 1. The lowest BCUT2D eigenvalue weighted by Gasteiger charge is -2.18. The first-order valence-corrected chi connectivity index (χ1v) is 10.4. The largest absolute Gasteiger partial charge is 0.325 e. The molecule has 25 heavy (non-hydrogen) atoms. The fourth-order valence-corrected chi connectivity index (χ4v) is 3.64. The Morgan fingerprint density at radius 2 is 1.96 bits per heavy atom. The molecule has 0 saturated carbocycles. The number of anilines is 1. The van der Waals surface area contributed by atoms with Gasteiger partial charge >= 0.3 is 0 Å². The number of amides is 1. The molecule has 0 spiro atoms. The second-order valence-corrected chi connectivity index (χ2v) is 8.39. The third-order valence-electron chi connectivity index (χ3n) is 4.06. The van der Waals surface area contributed by atoms with Crippen molar-refractivity contribution in [1.82, 2.24) is 4.98 Å². The van der Waals surface area contributed by atoms with Crippen LogP contribution in [0, 0.1) is 6.92 Å². The van der Waals surface area contributed by atoms with Crippen molar-refractivity contribution in [2.24, 2.45) is 0 Å². The highest BCUT2D eigenvalue weighted by atomic mass is 32.2. The van der Waals surface area contributed by atoms with Gasteiger partial charge in [0.15, 0.2) is 9.84 Å². The summed E-state index contributed by atoms with van der Waals surface area (Å²) in [4.78, 5) is 17.1. The lowest BCUT2D eigenvalue weighted by molar-refractivity contribution is -0.117. The number of hydrogen-bond acceptors (Lipinski definition) is 4. The zero-order valence-corrected chi connectivity index (χ0v) is 15.6. The quantitative estimate of drug-likeness (QED) is 0.820. The molecule has 1 N–H and O–H groups in total. The van der Waals surface area contributed by atoms with E-state index in [-0.39, 0.29) is 17.6 Å². The number of hydrogen-bond donors (Lipinski definition) is 1. The second-order valence-electron chi connectivity index (χ2n) is 6.24. The topological polar surface area (TPSA) is 76.1 Å². The van der Waals surface area contributed by atoms with Crippen LogP contribution in [0.5, 0.6) is 0 Å². The van der Waals surface area contributed by atoms with Crippen LogP contribution in [0.2, 0.25) is 0 Å². The van der Waals surface area contributed by atoms with E-state index < -0.39 is 9.84 Å². The Morgan fingerprint density at radius 1 is 1.20 bits per heavy atom. The van der Waals surface area contributed by atoms with E-state index in [0.717, 1.165) is 17.7 Å². The smallest absolute Gasteiger partial charge is 0.233 e. The molecule has 1 aromatic heterocycles. The molecule has 1 atom stereocenters. The van der Waals surface area contributed by atoms with Crippen molar-refractivity contribution in [2.75, 3.05) is 11.6 Å². The van der Waals surface area contributed by atoms with Crippen LogP contribution in [0.3, 0.4) is 0 Å². The van der Waals surface area contributed by atoms with E-state index in [0.29, 0.717) is 17.7 Å². The van der Waals surface area contributed by atoms with Gasteiger partial charge in [0.1, 0.15) is 0 Å². The maximum atomic E-state index is 12.8. The van der Waals surface area contributed by atoms with E-state index >= 15 is 0 Å². The van der Waals surface area contributed by atoms with Crippen molar-refractivity contribution >= 4 is 21.4 Å². The summed E-state index contributed by atoms with van der Waals surface area (Å²) in [5.74, 6) is -0.495. The number of nitrogens with one attached hydrogen (secondary N) is 1. The molecule has 1 amide bonds. The van der Waals surface area contributed by atoms with Crippen molar-refractivity contribution in [3.8, 4) is 0 Å². The molecule has 0 saturated heterocycles. The molecule has 1 heterocycles. The number of benzene rings is 1. The number of pyridine rings is 1. The van der Waals surface area contributed by atoms with Gasteiger partial charge in [-0.1, -0.05) is 31.5 Å². The van der Waals surface area contributed by atoms with Gasteiger partial charge in [0, 0.05) is 18.1 Å². The van der Waals surface area contributed by atoms with Gasteiger partial charge in [0.05, 0.1) is 17.4 Å². The van der Waals surface area contributed by atoms with Crippen LogP contribution in [0.1, 0.15) is 42.5 Å². The molecule has 0 bridgehead atoms. The lowest BCUT2D eigenvalue weighted by atomic mass is 9.97. The van der Waals surface area contributed by atoms with Crippen LogP contribution >= 0.6 is 0 Å².